The molecule has 106 valence electrons. The maximum absolute atomic E-state index is 12.5. The molecule has 1 rings (SSSR count). The summed E-state index contributed by atoms with van der Waals surface area (Å²) in [6.07, 6.45) is -3.64. The van der Waals surface area contributed by atoms with Crippen LogP contribution < -0.4 is 10.6 Å². The van der Waals surface area contributed by atoms with E-state index < -0.39 is 12.7 Å². The van der Waals surface area contributed by atoms with Crippen molar-refractivity contribution < 1.29 is 18.4 Å². The first-order valence-electron chi connectivity index (χ1n) is 5.77. The average Bonchev–Trinajstić information content (AvgIpc) is 2.36. The molecule has 7 heteroatoms. The van der Waals surface area contributed by atoms with Crippen LogP contribution in [0.1, 0.15) is 18.9 Å². The van der Waals surface area contributed by atoms with Crippen LogP contribution >= 0.6 is 0 Å². The van der Waals surface area contributed by atoms with Crippen molar-refractivity contribution in [3.8, 4) is 0 Å². The van der Waals surface area contributed by atoms with E-state index in [1.165, 1.54) is 29.2 Å². The summed E-state index contributed by atoms with van der Waals surface area (Å²) in [6, 6.07) is 6.08. The Kier molecular flexibility index (Phi) is 5.02. The van der Waals surface area contributed by atoms with E-state index in [0.717, 1.165) is 0 Å². The highest BCUT2D eigenvalue weighted by molar-refractivity contribution is 5.97. The molecule has 0 fully saturated rings. The smallest absolute Gasteiger partial charge is 0.405 e. The zero-order valence-corrected chi connectivity index (χ0v) is 10.5. The van der Waals surface area contributed by atoms with Crippen LogP contribution in [-0.2, 0) is 0 Å². The fraction of sp³-hybridized carbons (Fsp3) is 0.417. The van der Waals surface area contributed by atoms with Crippen LogP contribution in [0.15, 0.2) is 29.4 Å². The molecule has 0 aromatic heterocycles. The third kappa shape index (κ3) is 4.69. The Morgan fingerprint density at radius 2 is 1.89 bits per heavy atom. The molecule has 0 spiro atoms. The van der Waals surface area contributed by atoms with Crippen LogP contribution in [0, 0.1) is 0 Å². The molecule has 0 aliphatic carbocycles. The molecular weight excluding hydrogens is 259 g/mol. The molecular formula is C12H16F3N3O. The van der Waals surface area contributed by atoms with Gasteiger partial charge in [-0.2, -0.15) is 13.2 Å². The summed E-state index contributed by atoms with van der Waals surface area (Å²) < 4.78 is 37.4. The largest absolute Gasteiger partial charge is 0.409 e. The van der Waals surface area contributed by atoms with E-state index in [4.69, 9.17) is 10.9 Å². The molecule has 0 heterocycles. The lowest BCUT2D eigenvalue weighted by atomic mass is 10.1. The van der Waals surface area contributed by atoms with Crippen LogP contribution in [0.3, 0.4) is 0 Å². The number of amidine groups is 1. The third-order valence-corrected chi connectivity index (χ3v) is 2.50. The van der Waals surface area contributed by atoms with Gasteiger partial charge in [0.05, 0.1) is 0 Å². The number of halogens is 3. The topological polar surface area (TPSA) is 61.8 Å². The van der Waals surface area contributed by atoms with Gasteiger partial charge in [-0.15, -0.1) is 0 Å². The van der Waals surface area contributed by atoms with E-state index >= 15 is 0 Å². The highest BCUT2D eigenvalue weighted by Crippen LogP contribution is 2.22. The quantitative estimate of drug-likeness (QED) is 0.376. The first-order chi connectivity index (χ1) is 8.87. The highest BCUT2D eigenvalue weighted by atomic mass is 19.4. The van der Waals surface area contributed by atoms with Crippen molar-refractivity contribution in [2.75, 3.05) is 18.0 Å². The Morgan fingerprint density at radius 1 is 1.32 bits per heavy atom. The van der Waals surface area contributed by atoms with E-state index in [2.05, 4.69) is 5.16 Å². The van der Waals surface area contributed by atoms with Crippen LogP contribution in [0.4, 0.5) is 18.9 Å². The molecule has 19 heavy (non-hydrogen) atoms. The van der Waals surface area contributed by atoms with Crippen molar-refractivity contribution in [1.82, 2.24) is 0 Å². The Labute approximate surface area is 109 Å². The minimum atomic E-state index is -4.25. The number of nitrogens with two attached hydrogens (primary N) is 1. The predicted molar refractivity (Wildman–Crippen MR) is 67.5 cm³/mol. The lowest BCUT2D eigenvalue weighted by Crippen LogP contribution is -2.34. The number of nitrogens with zero attached hydrogens (tertiary/aromatic N) is 2. The summed E-state index contributed by atoms with van der Waals surface area (Å²) in [7, 11) is 0. The molecule has 0 aliphatic rings. The molecule has 1 aromatic rings. The minimum absolute atomic E-state index is 0.0792. The van der Waals surface area contributed by atoms with Gasteiger partial charge >= 0.3 is 6.18 Å². The molecule has 3 N–H and O–H groups in total. The van der Waals surface area contributed by atoms with Crippen molar-refractivity contribution in [3.05, 3.63) is 29.8 Å². The number of alkyl halides is 3. The average molecular weight is 275 g/mol. The van der Waals surface area contributed by atoms with Crippen LogP contribution in [0.5, 0.6) is 0 Å². The van der Waals surface area contributed by atoms with Gasteiger partial charge in [0.2, 0.25) is 0 Å². The van der Waals surface area contributed by atoms with Crippen molar-refractivity contribution >= 4 is 11.5 Å². The Morgan fingerprint density at radius 3 is 2.32 bits per heavy atom. The maximum Gasteiger partial charge on any atom is 0.405 e. The van der Waals surface area contributed by atoms with E-state index in [-0.39, 0.29) is 5.84 Å². The summed E-state index contributed by atoms with van der Waals surface area (Å²) in [5.74, 6) is -0.0792. The van der Waals surface area contributed by atoms with Gasteiger partial charge in [-0.3, -0.25) is 0 Å². The fourth-order valence-electron chi connectivity index (χ4n) is 1.69. The van der Waals surface area contributed by atoms with Gasteiger partial charge in [-0.1, -0.05) is 12.1 Å². The fourth-order valence-corrected chi connectivity index (χ4v) is 1.69. The van der Waals surface area contributed by atoms with E-state index in [9.17, 15) is 13.2 Å². The molecule has 0 radical (unpaired) electrons. The van der Waals surface area contributed by atoms with Gasteiger partial charge in [0.15, 0.2) is 5.84 Å². The van der Waals surface area contributed by atoms with E-state index in [1.807, 2.05) is 6.92 Å². The van der Waals surface area contributed by atoms with Gasteiger partial charge in [-0.25, -0.2) is 0 Å². The second-order valence-electron chi connectivity index (χ2n) is 4.07. The zero-order chi connectivity index (χ0) is 14.5. The maximum atomic E-state index is 12.5. The molecule has 4 nitrogen and oxygen atoms in total. The molecule has 0 bridgehead atoms. The molecule has 0 aliphatic heterocycles. The monoisotopic (exact) mass is 275 g/mol. The normalized spacial score (nSPS) is 12.5. The number of benzene rings is 1. The number of hydrogen-bond acceptors (Lipinski definition) is 3. The third-order valence-electron chi connectivity index (χ3n) is 2.50. The Bertz CT molecular complexity index is 429. The van der Waals surface area contributed by atoms with Gasteiger partial charge in [-0.05, 0) is 30.7 Å². The summed E-state index contributed by atoms with van der Waals surface area (Å²) in [6.45, 7) is 1.13. The Hall–Kier alpha value is -1.92. The molecule has 0 saturated carbocycles. The summed E-state index contributed by atoms with van der Waals surface area (Å²) in [5, 5.41) is 11.3. The predicted octanol–water partition coefficient (Wildman–Crippen LogP) is 2.56. The first-order valence-corrected chi connectivity index (χ1v) is 5.77. The standard InChI is InChI=1S/C12H16F3N3O/c1-2-7-18(8-12(13,14)15)10-5-3-9(4-6-10)11(16)17-19/h3-6,19H,2,7-8H2,1H3,(H2,16,17). The summed E-state index contributed by atoms with van der Waals surface area (Å²) in [5.41, 5.74) is 6.29. The van der Waals surface area contributed by atoms with Crippen LogP contribution in [0.2, 0.25) is 0 Å². The van der Waals surface area contributed by atoms with Crippen LogP contribution in [0.25, 0.3) is 0 Å². The lowest BCUT2D eigenvalue weighted by molar-refractivity contribution is -0.119. The molecule has 0 amide bonds. The Balaban J connectivity index is 2.91. The van der Waals surface area contributed by atoms with E-state index in [1.54, 1.807) is 0 Å². The van der Waals surface area contributed by atoms with Gasteiger partial charge in [0.25, 0.3) is 0 Å². The van der Waals surface area contributed by atoms with E-state index in [0.29, 0.717) is 24.2 Å². The van der Waals surface area contributed by atoms with Gasteiger partial charge in [0, 0.05) is 17.8 Å². The molecule has 0 atom stereocenters. The summed E-state index contributed by atoms with van der Waals surface area (Å²) >= 11 is 0. The first kappa shape index (κ1) is 15.1. The second kappa shape index (κ2) is 6.31. The number of hydrogen-bond donors (Lipinski definition) is 2. The molecule has 1 aromatic carbocycles. The minimum Gasteiger partial charge on any atom is -0.409 e. The molecule has 0 saturated heterocycles. The van der Waals surface area contributed by atoms with Gasteiger partial charge in [0.1, 0.15) is 6.54 Å². The van der Waals surface area contributed by atoms with Crippen molar-refractivity contribution in [3.63, 3.8) is 0 Å². The summed E-state index contributed by atoms with van der Waals surface area (Å²) in [4.78, 5) is 1.25. The second-order valence-corrected chi connectivity index (χ2v) is 4.07. The zero-order valence-electron chi connectivity index (χ0n) is 10.5. The van der Waals surface area contributed by atoms with Crippen molar-refractivity contribution in [2.45, 2.75) is 19.5 Å². The van der Waals surface area contributed by atoms with Gasteiger partial charge < -0.3 is 15.8 Å². The van der Waals surface area contributed by atoms with Crippen molar-refractivity contribution in [2.24, 2.45) is 10.9 Å². The molecule has 0 unspecified atom stereocenters. The number of rotatable bonds is 5. The van der Waals surface area contributed by atoms with Crippen LogP contribution in [-0.4, -0.2) is 30.3 Å². The number of oxime groups is 1. The lowest BCUT2D eigenvalue weighted by Gasteiger charge is -2.25. The number of anilines is 1. The SMILES string of the molecule is CCCN(CC(F)(F)F)c1ccc(/C(N)=N/O)cc1. The highest BCUT2D eigenvalue weighted by Gasteiger charge is 2.30. The van der Waals surface area contributed by atoms with Crippen molar-refractivity contribution in [1.29, 1.82) is 0 Å².